The standard InChI is InChI=1S/C12H21N3O4/c1-10-12(14-16)11(2)15(13-10)4-5-18-8-9-19-7-6-17-3/h4-9H2,1-3H3. The average molecular weight is 271 g/mol. The Hall–Kier alpha value is -1.31. The van der Waals surface area contributed by atoms with Gasteiger partial charge in [-0.15, -0.1) is 4.91 Å². The van der Waals surface area contributed by atoms with E-state index in [2.05, 4.69) is 10.3 Å². The maximum Gasteiger partial charge on any atom is 0.151 e. The molecular formula is C12H21N3O4. The highest BCUT2D eigenvalue weighted by Crippen LogP contribution is 2.21. The first-order chi connectivity index (χ1) is 9.20. The highest BCUT2D eigenvalue weighted by Gasteiger charge is 2.11. The van der Waals surface area contributed by atoms with E-state index in [4.69, 9.17) is 14.2 Å². The molecule has 0 aliphatic heterocycles. The van der Waals surface area contributed by atoms with Gasteiger partial charge >= 0.3 is 0 Å². The average Bonchev–Trinajstić information content (AvgIpc) is 2.67. The second kappa shape index (κ2) is 8.73. The molecule has 0 unspecified atom stereocenters. The Bertz CT molecular complexity index is 393. The summed E-state index contributed by atoms with van der Waals surface area (Å²) in [5.74, 6) is 0. The fraction of sp³-hybridized carbons (Fsp3) is 0.750. The third-order valence-corrected chi connectivity index (χ3v) is 2.69. The Morgan fingerprint density at radius 1 is 1.11 bits per heavy atom. The van der Waals surface area contributed by atoms with Crippen molar-refractivity contribution in [3.63, 3.8) is 0 Å². The van der Waals surface area contributed by atoms with Crippen molar-refractivity contribution >= 4 is 5.69 Å². The quantitative estimate of drug-likeness (QED) is 0.477. The summed E-state index contributed by atoms with van der Waals surface area (Å²) >= 11 is 0. The third kappa shape index (κ3) is 5.06. The number of aryl methyl sites for hydroxylation is 1. The van der Waals surface area contributed by atoms with E-state index in [0.717, 1.165) is 5.69 Å². The highest BCUT2D eigenvalue weighted by atomic mass is 16.5. The first-order valence-corrected chi connectivity index (χ1v) is 6.22. The second-order valence-corrected chi connectivity index (χ2v) is 4.05. The van der Waals surface area contributed by atoms with E-state index in [-0.39, 0.29) is 0 Å². The Labute approximate surface area is 112 Å². The summed E-state index contributed by atoms with van der Waals surface area (Å²) in [6.45, 7) is 6.95. The van der Waals surface area contributed by atoms with Crippen LogP contribution < -0.4 is 0 Å². The van der Waals surface area contributed by atoms with Crippen LogP contribution in [-0.2, 0) is 20.8 Å². The molecule has 0 spiro atoms. The Morgan fingerprint density at radius 2 is 1.74 bits per heavy atom. The highest BCUT2D eigenvalue weighted by molar-refractivity contribution is 5.45. The Balaban J connectivity index is 2.18. The zero-order valence-corrected chi connectivity index (χ0v) is 11.7. The predicted octanol–water partition coefficient (Wildman–Crippen LogP) is 1.58. The van der Waals surface area contributed by atoms with Crippen LogP contribution >= 0.6 is 0 Å². The van der Waals surface area contributed by atoms with E-state index in [9.17, 15) is 4.91 Å². The molecular weight excluding hydrogens is 250 g/mol. The van der Waals surface area contributed by atoms with Crippen molar-refractivity contribution in [3.05, 3.63) is 16.3 Å². The van der Waals surface area contributed by atoms with Crippen LogP contribution in [0.1, 0.15) is 11.4 Å². The van der Waals surface area contributed by atoms with Gasteiger partial charge in [0.2, 0.25) is 0 Å². The molecule has 1 rings (SSSR count). The van der Waals surface area contributed by atoms with Gasteiger partial charge in [-0.2, -0.15) is 5.10 Å². The number of hydrogen-bond donors (Lipinski definition) is 0. The minimum atomic E-state index is 0.419. The van der Waals surface area contributed by atoms with Crippen LogP contribution in [0.5, 0.6) is 0 Å². The van der Waals surface area contributed by atoms with E-state index in [1.807, 2.05) is 6.92 Å². The van der Waals surface area contributed by atoms with Crippen LogP contribution in [0.15, 0.2) is 5.18 Å². The summed E-state index contributed by atoms with van der Waals surface area (Å²) in [7, 11) is 1.64. The first kappa shape index (κ1) is 15.7. The van der Waals surface area contributed by atoms with Gasteiger partial charge in [-0.05, 0) is 19.0 Å². The van der Waals surface area contributed by atoms with Gasteiger partial charge in [-0.3, -0.25) is 4.68 Å². The summed E-state index contributed by atoms with van der Waals surface area (Å²) in [6.07, 6.45) is 0. The SMILES string of the molecule is COCCOCCOCCn1nc(C)c(N=O)c1C. The second-order valence-electron chi connectivity index (χ2n) is 4.05. The van der Waals surface area contributed by atoms with Crippen LogP contribution in [0.25, 0.3) is 0 Å². The number of methoxy groups -OCH3 is 1. The fourth-order valence-corrected chi connectivity index (χ4v) is 1.65. The van der Waals surface area contributed by atoms with Gasteiger partial charge in [0.15, 0.2) is 5.69 Å². The summed E-state index contributed by atoms with van der Waals surface area (Å²) in [4.78, 5) is 10.6. The summed E-state index contributed by atoms with van der Waals surface area (Å²) in [5, 5.41) is 7.20. The van der Waals surface area contributed by atoms with E-state index in [1.54, 1.807) is 18.7 Å². The molecule has 1 aromatic rings. The zero-order chi connectivity index (χ0) is 14.1. The molecule has 1 heterocycles. The van der Waals surface area contributed by atoms with E-state index >= 15 is 0 Å². The lowest BCUT2D eigenvalue weighted by Crippen LogP contribution is -2.13. The molecule has 0 atom stereocenters. The van der Waals surface area contributed by atoms with Gasteiger partial charge < -0.3 is 14.2 Å². The van der Waals surface area contributed by atoms with E-state index in [1.165, 1.54) is 0 Å². The lowest BCUT2D eigenvalue weighted by Gasteiger charge is -2.06. The first-order valence-electron chi connectivity index (χ1n) is 6.22. The van der Waals surface area contributed by atoms with Crippen molar-refractivity contribution in [1.82, 2.24) is 9.78 Å². The van der Waals surface area contributed by atoms with Crippen molar-refractivity contribution in [2.45, 2.75) is 20.4 Å². The monoisotopic (exact) mass is 271 g/mol. The van der Waals surface area contributed by atoms with Crippen molar-refractivity contribution < 1.29 is 14.2 Å². The molecule has 19 heavy (non-hydrogen) atoms. The predicted molar refractivity (Wildman–Crippen MR) is 70.7 cm³/mol. The van der Waals surface area contributed by atoms with Crippen molar-refractivity contribution in [2.75, 3.05) is 40.1 Å². The van der Waals surface area contributed by atoms with Gasteiger partial charge in [0.05, 0.1) is 51.0 Å². The number of ether oxygens (including phenoxy) is 3. The lowest BCUT2D eigenvalue weighted by atomic mass is 10.3. The molecule has 0 aliphatic carbocycles. The summed E-state index contributed by atoms with van der Waals surface area (Å²) in [5.41, 5.74) is 1.84. The Kier molecular flexibility index (Phi) is 7.24. The Morgan fingerprint density at radius 3 is 2.32 bits per heavy atom. The maximum atomic E-state index is 10.6. The van der Waals surface area contributed by atoms with Crippen molar-refractivity contribution in [3.8, 4) is 0 Å². The molecule has 0 radical (unpaired) electrons. The molecule has 0 N–H and O–H groups in total. The van der Waals surface area contributed by atoms with E-state index < -0.39 is 0 Å². The van der Waals surface area contributed by atoms with Crippen LogP contribution in [0.2, 0.25) is 0 Å². The topological polar surface area (TPSA) is 74.9 Å². The molecule has 0 amide bonds. The number of nitrogens with zero attached hydrogens (tertiary/aromatic N) is 3. The van der Waals surface area contributed by atoms with E-state index in [0.29, 0.717) is 51.0 Å². The number of hydrogen-bond acceptors (Lipinski definition) is 6. The van der Waals surface area contributed by atoms with Crippen LogP contribution in [0, 0.1) is 18.8 Å². The van der Waals surface area contributed by atoms with Crippen LogP contribution in [0.4, 0.5) is 5.69 Å². The van der Waals surface area contributed by atoms with Crippen LogP contribution in [0.3, 0.4) is 0 Å². The lowest BCUT2D eigenvalue weighted by molar-refractivity contribution is 0.0224. The molecule has 0 fully saturated rings. The molecule has 0 saturated heterocycles. The number of aromatic nitrogens is 2. The normalized spacial score (nSPS) is 10.9. The van der Waals surface area contributed by atoms with Gasteiger partial charge in [-0.1, -0.05) is 0 Å². The van der Waals surface area contributed by atoms with Crippen LogP contribution in [-0.4, -0.2) is 49.9 Å². The molecule has 0 aliphatic rings. The largest absolute Gasteiger partial charge is 0.382 e. The molecule has 0 saturated carbocycles. The molecule has 7 nitrogen and oxygen atoms in total. The molecule has 0 bridgehead atoms. The summed E-state index contributed by atoms with van der Waals surface area (Å²) < 4.78 is 17.3. The fourth-order valence-electron chi connectivity index (χ4n) is 1.65. The van der Waals surface area contributed by atoms with Gasteiger partial charge in [0.25, 0.3) is 0 Å². The number of rotatable bonds is 10. The minimum absolute atomic E-state index is 0.419. The molecule has 108 valence electrons. The van der Waals surface area contributed by atoms with Crippen molar-refractivity contribution in [1.29, 1.82) is 0 Å². The number of nitroso groups, excluding NO2 is 1. The zero-order valence-electron chi connectivity index (χ0n) is 11.7. The van der Waals surface area contributed by atoms with Gasteiger partial charge in [0, 0.05) is 7.11 Å². The molecule has 1 aromatic heterocycles. The molecule has 7 heteroatoms. The third-order valence-electron chi connectivity index (χ3n) is 2.69. The van der Waals surface area contributed by atoms with Crippen molar-refractivity contribution in [2.24, 2.45) is 5.18 Å². The molecule has 0 aromatic carbocycles. The smallest absolute Gasteiger partial charge is 0.151 e. The minimum Gasteiger partial charge on any atom is -0.382 e. The summed E-state index contributed by atoms with van der Waals surface area (Å²) in [6, 6.07) is 0. The van der Waals surface area contributed by atoms with Gasteiger partial charge in [0.1, 0.15) is 0 Å². The van der Waals surface area contributed by atoms with Gasteiger partial charge in [-0.25, -0.2) is 0 Å². The maximum absolute atomic E-state index is 10.6.